The molecule has 1 N–H and O–H groups in total. The van der Waals surface area contributed by atoms with Crippen molar-refractivity contribution in [1.82, 2.24) is 0 Å². The molecule has 0 saturated heterocycles. The molecule has 4 unspecified atom stereocenters. The van der Waals surface area contributed by atoms with Crippen LogP contribution < -0.4 is 0 Å². The van der Waals surface area contributed by atoms with Crippen molar-refractivity contribution in [2.45, 2.75) is 23.3 Å². The number of carbonyl (C=O) groups is 3. The summed E-state index contributed by atoms with van der Waals surface area (Å²) in [6.07, 6.45) is 1.10. The summed E-state index contributed by atoms with van der Waals surface area (Å²) in [4.78, 5) is 34.4. The quantitative estimate of drug-likeness (QED) is 0.137. The molecule has 13 heteroatoms. The molecule has 0 aliphatic heterocycles. The van der Waals surface area contributed by atoms with Crippen LogP contribution in [-0.2, 0) is 45.5 Å². The molecule has 4 atom stereocenters. The Hall–Kier alpha value is -2.64. The number of carbonyl (C=O) groups excluding carboxylic acids is 3. The fourth-order valence-corrected chi connectivity index (χ4v) is 2.18. The Kier molecular flexibility index (Phi) is 9.85. The maximum absolute atomic E-state index is 11.5. The first-order valence-electron chi connectivity index (χ1n) is 6.28. The van der Waals surface area contributed by atoms with Crippen molar-refractivity contribution in [2.24, 2.45) is 5.16 Å². The molecule has 0 aromatic carbocycles. The molecule has 0 spiro atoms. The Bertz CT molecular complexity index is 706. The smallest absolute Gasteiger partial charge is 0.343 e. The van der Waals surface area contributed by atoms with Gasteiger partial charge < -0.3 is 14.7 Å². The van der Waals surface area contributed by atoms with Crippen LogP contribution in [0.25, 0.3) is 0 Å². The fraction of sp³-hybridized carbons (Fsp3) is 0.500. The highest BCUT2D eigenvalue weighted by Gasteiger charge is 2.28. The van der Waals surface area contributed by atoms with Gasteiger partial charge in [0.15, 0.2) is 0 Å². The zero-order valence-corrected chi connectivity index (χ0v) is 14.7. The van der Waals surface area contributed by atoms with Gasteiger partial charge in [-0.25, -0.2) is 9.59 Å². The van der Waals surface area contributed by atoms with E-state index in [1.807, 2.05) is 0 Å². The number of hydrogen-bond acceptors (Lipinski definition) is 11. The van der Waals surface area contributed by atoms with Gasteiger partial charge in [-0.05, 0) is 0 Å². The highest BCUT2D eigenvalue weighted by atomic mass is 32.2. The summed E-state index contributed by atoms with van der Waals surface area (Å²) in [5.74, 6) is -4.37. The zero-order valence-electron chi connectivity index (χ0n) is 13.0. The fourth-order valence-electron chi connectivity index (χ4n) is 1.24. The second-order valence-electron chi connectivity index (χ2n) is 4.22. The minimum atomic E-state index is -1.86. The molecule has 0 saturated carbocycles. The Balaban J connectivity index is 4.66. The van der Waals surface area contributed by atoms with Crippen molar-refractivity contribution in [3.05, 3.63) is 0 Å². The van der Waals surface area contributed by atoms with Gasteiger partial charge in [0.05, 0.1) is 18.6 Å². The Morgan fingerprint density at radius 3 is 1.80 bits per heavy atom. The molecule has 0 bridgehead atoms. The van der Waals surface area contributed by atoms with Crippen molar-refractivity contribution in [3.63, 3.8) is 0 Å². The third kappa shape index (κ3) is 7.65. The summed E-state index contributed by atoms with van der Waals surface area (Å²) in [7, 11) is -3.71. The van der Waals surface area contributed by atoms with Crippen molar-refractivity contribution in [3.8, 4) is 12.1 Å². The van der Waals surface area contributed by atoms with Crippen molar-refractivity contribution in [2.75, 3.05) is 12.5 Å². The molecule has 0 amide bonds. The van der Waals surface area contributed by atoms with Gasteiger partial charge >= 0.3 is 17.9 Å². The number of hydrogen-bond donors (Lipinski definition) is 1. The van der Waals surface area contributed by atoms with E-state index in [1.54, 1.807) is 0 Å². The number of ether oxygens (including phenoxy) is 2. The number of nitrogens with zero attached hydrogens (tertiary/aromatic N) is 3. The lowest BCUT2D eigenvalue weighted by molar-refractivity contribution is -0.158. The lowest BCUT2D eigenvalue weighted by Gasteiger charge is -2.08. The van der Waals surface area contributed by atoms with Gasteiger partial charge in [-0.15, -0.1) is 0 Å². The summed E-state index contributed by atoms with van der Waals surface area (Å²) in [5, 5.41) is 25.4. The van der Waals surface area contributed by atoms with Crippen LogP contribution in [0.3, 0.4) is 0 Å². The molecule has 0 radical (unpaired) electrons. The molecular weight excluding hydrogens is 378 g/mol. The second-order valence-corrected chi connectivity index (χ2v) is 7.16. The van der Waals surface area contributed by atoms with Crippen LogP contribution in [-0.4, -0.2) is 60.4 Å². The van der Waals surface area contributed by atoms with E-state index >= 15 is 0 Å². The van der Waals surface area contributed by atoms with Crippen LogP contribution in [0, 0.1) is 22.7 Å². The van der Waals surface area contributed by atoms with Crippen LogP contribution in [0.4, 0.5) is 0 Å². The first kappa shape index (κ1) is 22.4. The second kappa shape index (κ2) is 11.0. The van der Waals surface area contributed by atoms with Crippen molar-refractivity contribution < 1.29 is 37.5 Å². The summed E-state index contributed by atoms with van der Waals surface area (Å²) >= 11 is 0. The standard InChI is InChI=1S/C12H13N3O8S2/c1-24(20)7(5-13)11(17)22-9(15-19)3-4-10(16)23-12(18)8(6-14)25(2)21/h7-8,19H,3-4H2,1-2H3/b15-9-. The summed E-state index contributed by atoms with van der Waals surface area (Å²) in [5.41, 5.74) is 0. The topological polar surface area (TPSA) is 184 Å². The van der Waals surface area contributed by atoms with E-state index in [2.05, 4.69) is 14.6 Å². The highest BCUT2D eigenvalue weighted by molar-refractivity contribution is 7.86. The molecule has 0 rings (SSSR count). The summed E-state index contributed by atoms with van der Waals surface area (Å²) in [6.45, 7) is 0. The average Bonchev–Trinajstić information content (AvgIpc) is 2.51. The maximum atomic E-state index is 11.5. The molecule has 0 aromatic heterocycles. The van der Waals surface area contributed by atoms with Gasteiger partial charge in [0.25, 0.3) is 0 Å². The van der Waals surface area contributed by atoms with Gasteiger partial charge in [0.1, 0.15) is 0 Å². The molecule has 11 nitrogen and oxygen atoms in total. The van der Waals surface area contributed by atoms with E-state index in [0.29, 0.717) is 0 Å². The molecule has 0 fully saturated rings. The van der Waals surface area contributed by atoms with E-state index < -0.39 is 68.7 Å². The maximum Gasteiger partial charge on any atom is 0.343 e. The molecule has 0 aliphatic carbocycles. The van der Waals surface area contributed by atoms with Crippen LogP contribution >= 0.6 is 0 Å². The van der Waals surface area contributed by atoms with Crippen LogP contribution in [0.5, 0.6) is 0 Å². The lowest BCUT2D eigenvalue weighted by Crippen LogP contribution is -2.29. The first-order valence-corrected chi connectivity index (χ1v) is 9.53. The molecule has 0 aromatic rings. The molecular formula is C12H13N3O8S2. The number of nitriles is 2. The Morgan fingerprint density at radius 1 is 1.00 bits per heavy atom. The van der Waals surface area contributed by atoms with Gasteiger partial charge in [0.2, 0.25) is 16.4 Å². The predicted octanol–water partition coefficient (Wildman–Crippen LogP) is -1.29. The Morgan fingerprint density at radius 2 is 1.44 bits per heavy atom. The predicted molar refractivity (Wildman–Crippen MR) is 82.6 cm³/mol. The molecule has 136 valence electrons. The normalized spacial score (nSPS) is 15.6. The van der Waals surface area contributed by atoms with Crippen LogP contribution in [0.2, 0.25) is 0 Å². The number of rotatable bonds is 7. The van der Waals surface area contributed by atoms with Crippen LogP contribution in [0.1, 0.15) is 12.8 Å². The van der Waals surface area contributed by atoms with Gasteiger partial charge in [-0.1, -0.05) is 5.16 Å². The molecule has 25 heavy (non-hydrogen) atoms. The molecule has 0 aliphatic rings. The third-order valence-electron chi connectivity index (χ3n) is 2.41. The average molecular weight is 391 g/mol. The van der Waals surface area contributed by atoms with E-state index in [-0.39, 0.29) is 0 Å². The Labute approximate surface area is 147 Å². The SMILES string of the molecule is CS(=O)C(C#N)C(=O)OC(=O)CC/C(=N/O)OC(=O)C(C#N)S(C)=O. The number of oxime groups is 1. The van der Waals surface area contributed by atoms with Gasteiger partial charge in [0, 0.05) is 40.5 Å². The minimum absolute atomic E-state index is 0.491. The monoisotopic (exact) mass is 391 g/mol. The summed E-state index contributed by atoms with van der Waals surface area (Å²) < 4.78 is 31.1. The van der Waals surface area contributed by atoms with Gasteiger partial charge in [-0.2, -0.15) is 10.5 Å². The lowest BCUT2D eigenvalue weighted by atomic mass is 10.3. The third-order valence-corrected chi connectivity index (χ3v) is 4.34. The van der Waals surface area contributed by atoms with E-state index in [1.165, 1.54) is 12.1 Å². The van der Waals surface area contributed by atoms with E-state index in [9.17, 15) is 22.8 Å². The van der Waals surface area contributed by atoms with E-state index in [0.717, 1.165) is 12.5 Å². The molecule has 0 heterocycles. The largest absolute Gasteiger partial charge is 0.408 e. The van der Waals surface area contributed by atoms with Crippen LogP contribution in [0.15, 0.2) is 5.16 Å². The zero-order chi connectivity index (χ0) is 19.6. The van der Waals surface area contributed by atoms with E-state index in [4.69, 9.17) is 15.7 Å². The van der Waals surface area contributed by atoms with Crippen molar-refractivity contribution >= 4 is 45.4 Å². The first-order chi connectivity index (χ1) is 11.7. The van der Waals surface area contributed by atoms with Crippen molar-refractivity contribution in [1.29, 1.82) is 10.5 Å². The number of esters is 3. The minimum Gasteiger partial charge on any atom is -0.408 e. The summed E-state index contributed by atoms with van der Waals surface area (Å²) in [6, 6.07) is 2.86. The highest BCUT2D eigenvalue weighted by Crippen LogP contribution is 2.04. The van der Waals surface area contributed by atoms with Gasteiger partial charge in [-0.3, -0.25) is 13.2 Å².